The SMILES string of the molecule is CCCNC(C)(CSCC(C)CO)C(N)=O. The maximum atomic E-state index is 11.4. The first-order chi connectivity index (χ1) is 7.46. The lowest BCUT2D eigenvalue weighted by Gasteiger charge is -2.27. The van der Waals surface area contributed by atoms with E-state index in [0.29, 0.717) is 5.75 Å². The molecule has 0 heterocycles. The predicted octanol–water partition coefficient (Wildman–Crippen LogP) is 0.592. The summed E-state index contributed by atoms with van der Waals surface area (Å²) in [4.78, 5) is 11.4. The summed E-state index contributed by atoms with van der Waals surface area (Å²) >= 11 is 1.65. The van der Waals surface area contributed by atoms with Crippen LogP contribution in [0.15, 0.2) is 0 Å². The monoisotopic (exact) mass is 248 g/mol. The Morgan fingerprint density at radius 1 is 1.62 bits per heavy atom. The molecule has 4 nitrogen and oxygen atoms in total. The highest BCUT2D eigenvalue weighted by molar-refractivity contribution is 7.99. The van der Waals surface area contributed by atoms with Crippen LogP contribution in [0.3, 0.4) is 0 Å². The molecule has 0 saturated carbocycles. The van der Waals surface area contributed by atoms with Crippen LogP contribution in [-0.4, -0.2) is 41.2 Å². The Bertz CT molecular complexity index is 214. The van der Waals surface area contributed by atoms with E-state index in [0.717, 1.165) is 18.7 Å². The van der Waals surface area contributed by atoms with Gasteiger partial charge in [-0.1, -0.05) is 13.8 Å². The maximum Gasteiger partial charge on any atom is 0.238 e. The van der Waals surface area contributed by atoms with Crippen LogP contribution < -0.4 is 11.1 Å². The minimum Gasteiger partial charge on any atom is -0.396 e. The van der Waals surface area contributed by atoms with Gasteiger partial charge in [-0.15, -0.1) is 0 Å². The van der Waals surface area contributed by atoms with Crippen molar-refractivity contribution in [3.05, 3.63) is 0 Å². The Balaban J connectivity index is 4.07. The Kier molecular flexibility index (Phi) is 7.80. The van der Waals surface area contributed by atoms with Gasteiger partial charge in [-0.3, -0.25) is 4.79 Å². The number of thioether (sulfide) groups is 1. The number of rotatable bonds is 9. The highest BCUT2D eigenvalue weighted by Crippen LogP contribution is 2.16. The predicted molar refractivity (Wildman–Crippen MR) is 69.5 cm³/mol. The van der Waals surface area contributed by atoms with Crippen LogP contribution in [0, 0.1) is 5.92 Å². The van der Waals surface area contributed by atoms with Crippen molar-refractivity contribution < 1.29 is 9.90 Å². The van der Waals surface area contributed by atoms with E-state index in [4.69, 9.17) is 10.8 Å². The van der Waals surface area contributed by atoms with Gasteiger partial charge >= 0.3 is 0 Å². The average Bonchev–Trinajstić information content (AvgIpc) is 2.25. The van der Waals surface area contributed by atoms with Crippen LogP contribution in [0.1, 0.15) is 27.2 Å². The number of carbonyl (C=O) groups excluding carboxylic acids is 1. The molecule has 0 aliphatic rings. The molecule has 0 aromatic heterocycles. The molecule has 0 aliphatic heterocycles. The third-order valence-corrected chi connectivity index (χ3v) is 4.00. The molecular weight excluding hydrogens is 224 g/mol. The van der Waals surface area contributed by atoms with Crippen molar-refractivity contribution >= 4 is 17.7 Å². The van der Waals surface area contributed by atoms with Gasteiger partial charge in [-0.25, -0.2) is 0 Å². The van der Waals surface area contributed by atoms with E-state index >= 15 is 0 Å². The molecule has 2 unspecified atom stereocenters. The summed E-state index contributed by atoms with van der Waals surface area (Å²) in [6.07, 6.45) is 0.973. The molecular formula is C11H24N2O2S. The topological polar surface area (TPSA) is 75.3 Å². The second-order valence-electron chi connectivity index (χ2n) is 4.43. The number of nitrogens with two attached hydrogens (primary N) is 1. The number of aliphatic hydroxyl groups excluding tert-OH is 1. The van der Waals surface area contributed by atoms with Gasteiger partial charge in [-0.05, 0) is 31.6 Å². The summed E-state index contributed by atoms with van der Waals surface area (Å²) in [6.45, 7) is 6.84. The lowest BCUT2D eigenvalue weighted by atomic mass is 10.0. The molecule has 16 heavy (non-hydrogen) atoms. The minimum atomic E-state index is -0.643. The van der Waals surface area contributed by atoms with Crippen LogP contribution in [-0.2, 0) is 4.79 Å². The van der Waals surface area contributed by atoms with Gasteiger partial charge in [0.15, 0.2) is 0 Å². The van der Waals surface area contributed by atoms with E-state index < -0.39 is 5.54 Å². The summed E-state index contributed by atoms with van der Waals surface area (Å²) < 4.78 is 0. The fourth-order valence-electron chi connectivity index (χ4n) is 1.13. The number of hydrogen-bond acceptors (Lipinski definition) is 4. The van der Waals surface area contributed by atoms with Crippen LogP contribution in [0.5, 0.6) is 0 Å². The lowest BCUT2D eigenvalue weighted by Crippen LogP contribution is -2.55. The molecule has 1 amide bonds. The molecule has 0 spiro atoms. The van der Waals surface area contributed by atoms with Crippen LogP contribution >= 0.6 is 11.8 Å². The van der Waals surface area contributed by atoms with Gasteiger partial charge < -0.3 is 16.2 Å². The van der Waals surface area contributed by atoms with E-state index in [1.807, 2.05) is 13.8 Å². The fourth-order valence-corrected chi connectivity index (χ4v) is 2.41. The molecule has 5 heteroatoms. The molecule has 0 radical (unpaired) electrons. The van der Waals surface area contributed by atoms with Gasteiger partial charge in [0.05, 0.1) is 0 Å². The molecule has 0 aliphatic carbocycles. The highest BCUT2D eigenvalue weighted by atomic mass is 32.2. The van der Waals surface area contributed by atoms with Crippen molar-refractivity contribution in [2.45, 2.75) is 32.7 Å². The lowest BCUT2D eigenvalue weighted by molar-refractivity contribution is -0.122. The van der Waals surface area contributed by atoms with Gasteiger partial charge in [-0.2, -0.15) is 11.8 Å². The molecule has 0 bridgehead atoms. The van der Waals surface area contributed by atoms with Crippen LogP contribution in [0.4, 0.5) is 0 Å². The van der Waals surface area contributed by atoms with Crippen LogP contribution in [0.2, 0.25) is 0 Å². The molecule has 0 aromatic carbocycles. The summed E-state index contributed by atoms with van der Waals surface area (Å²) in [6, 6.07) is 0. The zero-order chi connectivity index (χ0) is 12.6. The van der Waals surface area contributed by atoms with Gasteiger partial charge in [0.25, 0.3) is 0 Å². The number of amides is 1. The Morgan fingerprint density at radius 2 is 2.25 bits per heavy atom. The van der Waals surface area contributed by atoms with Gasteiger partial charge in [0.1, 0.15) is 5.54 Å². The second kappa shape index (κ2) is 7.92. The molecule has 0 aromatic rings. The van der Waals surface area contributed by atoms with Crippen molar-refractivity contribution in [1.82, 2.24) is 5.32 Å². The standard InChI is InChI=1S/C11H24N2O2S/c1-4-5-13-11(3,10(12)15)8-16-7-9(2)6-14/h9,13-14H,4-8H2,1-3H3,(H2,12,15). The maximum absolute atomic E-state index is 11.4. The molecule has 2 atom stereocenters. The van der Waals surface area contributed by atoms with Crippen molar-refractivity contribution in [2.24, 2.45) is 11.7 Å². The second-order valence-corrected chi connectivity index (χ2v) is 5.46. The first-order valence-corrected chi connectivity index (χ1v) is 6.85. The smallest absolute Gasteiger partial charge is 0.238 e. The zero-order valence-electron chi connectivity index (χ0n) is 10.5. The van der Waals surface area contributed by atoms with E-state index in [-0.39, 0.29) is 18.4 Å². The number of nitrogens with one attached hydrogen (secondary N) is 1. The van der Waals surface area contributed by atoms with Crippen molar-refractivity contribution in [3.8, 4) is 0 Å². The van der Waals surface area contributed by atoms with Crippen LogP contribution in [0.25, 0.3) is 0 Å². The van der Waals surface area contributed by atoms with E-state index in [9.17, 15) is 4.79 Å². The fraction of sp³-hybridized carbons (Fsp3) is 0.909. The van der Waals surface area contributed by atoms with Crippen molar-refractivity contribution in [3.63, 3.8) is 0 Å². The van der Waals surface area contributed by atoms with E-state index in [1.165, 1.54) is 0 Å². The molecule has 0 rings (SSSR count). The van der Waals surface area contributed by atoms with E-state index in [2.05, 4.69) is 12.2 Å². The van der Waals surface area contributed by atoms with Gasteiger partial charge in [0, 0.05) is 12.4 Å². The number of hydrogen-bond donors (Lipinski definition) is 3. The number of primary amides is 1. The van der Waals surface area contributed by atoms with Crippen molar-refractivity contribution in [1.29, 1.82) is 0 Å². The Labute approximate surface area is 102 Å². The summed E-state index contributed by atoms with van der Waals surface area (Å²) in [5, 5.41) is 12.1. The van der Waals surface area contributed by atoms with Gasteiger partial charge in [0.2, 0.25) is 5.91 Å². The minimum absolute atomic E-state index is 0.183. The third kappa shape index (κ3) is 5.72. The summed E-state index contributed by atoms with van der Waals surface area (Å²) in [5.41, 5.74) is 4.75. The number of aliphatic hydroxyl groups is 1. The summed E-state index contributed by atoms with van der Waals surface area (Å²) in [5.74, 6) is 1.43. The Hall–Kier alpha value is -0.260. The highest BCUT2D eigenvalue weighted by Gasteiger charge is 2.29. The first kappa shape index (κ1) is 15.7. The van der Waals surface area contributed by atoms with E-state index in [1.54, 1.807) is 11.8 Å². The first-order valence-electron chi connectivity index (χ1n) is 5.69. The quantitative estimate of drug-likeness (QED) is 0.558. The molecule has 0 fully saturated rings. The Morgan fingerprint density at radius 3 is 2.69 bits per heavy atom. The van der Waals surface area contributed by atoms with Crippen molar-refractivity contribution in [2.75, 3.05) is 24.7 Å². The normalized spacial score (nSPS) is 16.8. The zero-order valence-corrected chi connectivity index (χ0v) is 11.3. The average molecular weight is 248 g/mol. The summed E-state index contributed by atoms with van der Waals surface area (Å²) in [7, 11) is 0. The number of carbonyl (C=O) groups is 1. The molecule has 0 saturated heterocycles. The largest absolute Gasteiger partial charge is 0.396 e. The molecule has 96 valence electrons. The third-order valence-electron chi connectivity index (χ3n) is 2.41. The molecule has 4 N–H and O–H groups in total.